The van der Waals surface area contributed by atoms with Gasteiger partial charge < -0.3 is 8.82 Å². The lowest BCUT2D eigenvalue weighted by atomic mass is 10.00. The van der Waals surface area contributed by atoms with Crippen LogP contribution < -0.4 is 0 Å². The summed E-state index contributed by atoms with van der Waals surface area (Å²) >= 11 is 0. The molecule has 0 fully saturated rings. The number of rotatable bonds is 2. The molecular weight excluding hydrogens is 649 g/mol. The van der Waals surface area contributed by atoms with Crippen LogP contribution in [-0.4, -0.2) is 18.9 Å². The molecule has 0 saturated heterocycles. The fourth-order valence-corrected chi connectivity index (χ4v) is 9.19. The van der Waals surface area contributed by atoms with E-state index in [1.54, 1.807) is 0 Å². The summed E-state index contributed by atoms with van der Waals surface area (Å²) in [5.41, 5.74) is 9.85. The lowest BCUT2D eigenvalue weighted by Crippen LogP contribution is -2.03. The van der Waals surface area contributed by atoms with Crippen LogP contribution in [0.15, 0.2) is 162 Å². The van der Waals surface area contributed by atoms with E-state index in [1.165, 1.54) is 65.0 Å². The number of hydrogen-bond donors (Lipinski definition) is 0. The second-order valence-corrected chi connectivity index (χ2v) is 14.1. The molecule has 5 heterocycles. The van der Waals surface area contributed by atoms with E-state index in [0.717, 1.165) is 44.2 Å². The Hall–Kier alpha value is -7.24. The van der Waals surface area contributed by atoms with Crippen LogP contribution in [0.4, 0.5) is 0 Å². The Labute approximate surface area is 300 Å². The SMILES string of the molecule is c1ccc2cc(-c3nc(-n4c5ccccc5c5cc6c7c8ccccc8ccc7n7c8ccccc8c(c54)c67)nc4c3oc3ccccc34)ccc2c1. The van der Waals surface area contributed by atoms with Gasteiger partial charge in [-0.3, -0.25) is 4.57 Å². The van der Waals surface area contributed by atoms with Gasteiger partial charge in [0.2, 0.25) is 5.95 Å². The van der Waals surface area contributed by atoms with Crippen molar-refractivity contribution in [2.75, 3.05) is 0 Å². The molecule has 0 amide bonds. The molecule has 0 spiro atoms. The smallest absolute Gasteiger partial charge is 0.236 e. The van der Waals surface area contributed by atoms with Crippen LogP contribution in [0, 0.1) is 0 Å². The fourth-order valence-electron chi connectivity index (χ4n) is 9.19. The Morgan fingerprint density at radius 2 is 1.13 bits per heavy atom. The molecule has 244 valence electrons. The first kappa shape index (κ1) is 27.5. The largest absolute Gasteiger partial charge is 0.452 e. The molecule has 0 N–H and O–H groups in total. The van der Waals surface area contributed by atoms with Crippen molar-refractivity contribution >= 4 is 104 Å². The Morgan fingerprint density at radius 3 is 2.02 bits per heavy atom. The molecule has 0 aliphatic heterocycles. The standard InChI is InChI=1S/C48H26N4O/c1-2-13-29-25-30(22-21-27(29)11-1)43-47-44(34-17-7-10-20-40(34)53-47)50-48(49-43)52-37-18-8-5-15-32(37)35-26-36-41-31-14-4-3-12-28(31)23-24-39(41)51-38-19-9-6-16-33(38)42(45(35)52)46(36)51/h1-26H. The zero-order chi connectivity index (χ0) is 34.4. The van der Waals surface area contributed by atoms with E-state index in [-0.39, 0.29) is 0 Å². The van der Waals surface area contributed by atoms with Gasteiger partial charge in [0.1, 0.15) is 16.8 Å². The van der Waals surface area contributed by atoms with Gasteiger partial charge in [0.05, 0.1) is 27.6 Å². The van der Waals surface area contributed by atoms with Crippen molar-refractivity contribution in [3.05, 3.63) is 158 Å². The highest BCUT2D eigenvalue weighted by atomic mass is 16.3. The van der Waals surface area contributed by atoms with E-state index in [2.05, 4.69) is 148 Å². The molecule has 13 aromatic rings. The monoisotopic (exact) mass is 674 g/mol. The Balaban J connectivity index is 1.25. The molecule has 0 aliphatic rings. The zero-order valence-corrected chi connectivity index (χ0v) is 28.2. The highest BCUT2D eigenvalue weighted by molar-refractivity contribution is 6.36. The van der Waals surface area contributed by atoms with Gasteiger partial charge in [-0.25, -0.2) is 9.97 Å². The van der Waals surface area contributed by atoms with E-state index >= 15 is 0 Å². The van der Waals surface area contributed by atoms with Crippen LogP contribution in [0.25, 0.3) is 121 Å². The van der Waals surface area contributed by atoms with E-state index in [1.807, 2.05) is 18.2 Å². The summed E-state index contributed by atoms with van der Waals surface area (Å²) in [6, 6.07) is 56.3. The molecule has 0 atom stereocenters. The first-order chi connectivity index (χ1) is 26.3. The van der Waals surface area contributed by atoms with Gasteiger partial charge >= 0.3 is 0 Å². The van der Waals surface area contributed by atoms with Crippen LogP contribution in [0.5, 0.6) is 0 Å². The number of nitrogens with zero attached hydrogens (tertiary/aromatic N) is 4. The minimum absolute atomic E-state index is 0.617. The number of benzene rings is 8. The average Bonchev–Trinajstić information content (AvgIpc) is 3.95. The maximum atomic E-state index is 6.59. The lowest BCUT2D eigenvalue weighted by Gasteiger charge is -2.11. The van der Waals surface area contributed by atoms with Gasteiger partial charge in [0.25, 0.3) is 0 Å². The first-order valence-corrected chi connectivity index (χ1v) is 18.0. The average molecular weight is 675 g/mol. The molecule has 53 heavy (non-hydrogen) atoms. The fraction of sp³-hybridized carbons (Fsp3) is 0. The quantitative estimate of drug-likeness (QED) is 0.183. The van der Waals surface area contributed by atoms with Crippen LogP contribution >= 0.6 is 0 Å². The minimum atomic E-state index is 0.617. The molecule has 0 radical (unpaired) electrons. The number of furan rings is 1. The molecule has 8 aromatic carbocycles. The summed E-state index contributed by atoms with van der Waals surface area (Å²) in [6.45, 7) is 0. The third-order valence-corrected chi connectivity index (χ3v) is 11.4. The summed E-state index contributed by atoms with van der Waals surface area (Å²) in [5, 5.41) is 13.1. The van der Waals surface area contributed by atoms with Crippen molar-refractivity contribution < 1.29 is 4.42 Å². The second kappa shape index (κ2) is 9.75. The highest BCUT2D eigenvalue weighted by Crippen LogP contribution is 2.48. The Bertz CT molecular complexity index is 3700. The number of hydrogen-bond acceptors (Lipinski definition) is 3. The minimum Gasteiger partial charge on any atom is -0.452 e. The molecule has 5 heteroatoms. The second-order valence-electron chi connectivity index (χ2n) is 14.1. The maximum Gasteiger partial charge on any atom is 0.236 e. The summed E-state index contributed by atoms with van der Waals surface area (Å²) in [6.07, 6.45) is 0. The van der Waals surface area contributed by atoms with Gasteiger partial charge in [-0.15, -0.1) is 0 Å². The number of aromatic nitrogens is 4. The van der Waals surface area contributed by atoms with Crippen molar-refractivity contribution in [2.24, 2.45) is 0 Å². The van der Waals surface area contributed by atoms with Crippen LogP contribution in [-0.2, 0) is 0 Å². The Kier molecular flexibility index (Phi) is 5.06. The van der Waals surface area contributed by atoms with E-state index in [0.29, 0.717) is 11.5 Å². The third kappa shape index (κ3) is 3.46. The summed E-state index contributed by atoms with van der Waals surface area (Å²) in [5.74, 6) is 0.617. The van der Waals surface area contributed by atoms with Crippen molar-refractivity contribution in [1.29, 1.82) is 0 Å². The number of para-hydroxylation sites is 3. The van der Waals surface area contributed by atoms with Gasteiger partial charge in [-0.1, -0.05) is 115 Å². The van der Waals surface area contributed by atoms with Crippen LogP contribution in [0.1, 0.15) is 0 Å². The van der Waals surface area contributed by atoms with Crippen LogP contribution in [0.3, 0.4) is 0 Å². The van der Waals surface area contributed by atoms with E-state index in [4.69, 9.17) is 14.4 Å². The normalized spacial score (nSPS) is 12.5. The molecule has 13 rings (SSSR count). The molecule has 0 bridgehead atoms. The van der Waals surface area contributed by atoms with Gasteiger partial charge in [0, 0.05) is 43.3 Å². The van der Waals surface area contributed by atoms with Gasteiger partial charge in [-0.2, -0.15) is 0 Å². The zero-order valence-electron chi connectivity index (χ0n) is 28.2. The first-order valence-electron chi connectivity index (χ1n) is 18.0. The molecule has 0 unspecified atom stereocenters. The van der Waals surface area contributed by atoms with Gasteiger partial charge in [0.15, 0.2) is 5.58 Å². The molecular formula is C48H26N4O. The van der Waals surface area contributed by atoms with Crippen molar-refractivity contribution in [1.82, 2.24) is 18.9 Å². The highest BCUT2D eigenvalue weighted by Gasteiger charge is 2.27. The van der Waals surface area contributed by atoms with Crippen LogP contribution in [0.2, 0.25) is 0 Å². The van der Waals surface area contributed by atoms with Crippen molar-refractivity contribution in [3.63, 3.8) is 0 Å². The molecule has 5 nitrogen and oxygen atoms in total. The molecule has 5 aromatic heterocycles. The summed E-state index contributed by atoms with van der Waals surface area (Å²) in [7, 11) is 0. The molecule has 0 saturated carbocycles. The maximum absolute atomic E-state index is 6.59. The van der Waals surface area contributed by atoms with Gasteiger partial charge in [-0.05, 0) is 64.0 Å². The van der Waals surface area contributed by atoms with Crippen molar-refractivity contribution in [2.45, 2.75) is 0 Å². The predicted molar refractivity (Wildman–Crippen MR) is 219 cm³/mol. The van der Waals surface area contributed by atoms with Crippen molar-refractivity contribution in [3.8, 4) is 17.2 Å². The Morgan fingerprint density at radius 1 is 0.434 bits per heavy atom. The predicted octanol–water partition coefficient (Wildman–Crippen LogP) is 12.6. The van der Waals surface area contributed by atoms with E-state index < -0.39 is 0 Å². The topological polar surface area (TPSA) is 48.3 Å². The van der Waals surface area contributed by atoms with E-state index in [9.17, 15) is 0 Å². The third-order valence-electron chi connectivity index (χ3n) is 11.4. The summed E-state index contributed by atoms with van der Waals surface area (Å²) < 4.78 is 11.4. The summed E-state index contributed by atoms with van der Waals surface area (Å²) in [4.78, 5) is 10.9. The number of fused-ring (bicyclic) bond motifs is 16. The lowest BCUT2D eigenvalue weighted by molar-refractivity contribution is 0.666. The molecule has 0 aliphatic carbocycles.